The quantitative estimate of drug-likeness (QED) is 0.647. The molecule has 1 fully saturated rings. The largest absolute Gasteiger partial charge is 0.496 e. The molecule has 7 nitrogen and oxygen atoms in total. The van der Waals surface area contributed by atoms with Gasteiger partial charge in [0.1, 0.15) is 11.6 Å². The van der Waals surface area contributed by atoms with Crippen molar-refractivity contribution in [2.45, 2.75) is 38.9 Å². The summed E-state index contributed by atoms with van der Waals surface area (Å²) in [7, 11) is 1.74. The Morgan fingerprint density at radius 3 is 2.62 bits per heavy atom. The zero-order valence-corrected chi connectivity index (χ0v) is 18.5. The third kappa shape index (κ3) is 4.45. The number of benzene rings is 1. The zero-order chi connectivity index (χ0) is 21.9. The lowest BCUT2D eigenvalue weighted by Gasteiger charge is -2.28. The van der Waals surface area contributed by atoms with Crippen molar-refractivity contribution in [2.24, 2.45) is 0 Å². The Morgan fingerprint density at radius 1 is 1.03 bits per heavy atom. The van der Waals surface area contributed by atoms with Gasteiger partial charge in [0, 0.05) is 55.3 Å². The van der Waals surface area contributed by atoms with Gasteiger partial charge in [0.2, 0.25) is 0 Å². The molecule has 0 radical (unpaired) electrons. The fourth-order valence-corrected chi connectivity index (χ4v) is 4.77. The highest BCUT2D eigenvalue weighted by molar-refractivity contribution is 5.54. The number of nitrogens with one attached hydrogen (secondary N) is 1. The monoisotopic (exact) mass is 431 g/mol. The minimum Gasteiger partial charge on any atom is -0.496 e. The molecular weight excluding hydrogens is 402 g/mol. The van der Waals surface area contributed by atoms with Crippen LogP contribution >= 0.6 is 0 Å². The molecule has 7 heteroatoms. The summed E-state index contributed by atoms with van der Waals surface area (Å²) in [5.41, 5.74) is 5.04. The maximum Gasteiger partial charge on any atom is 0.254 e. The summed E-state index contributed by atoms with van der Waals surface area (Å²) < 4.78 is 5.62. The first-order valence-electron chi connectivity index (χ1n) is 11.3. The van der Waals surface area contributed by atoms with Gasteiger partial charge in [-0.2, -0.15) is 0 Å². The predicted molar refractivity (Wildman–Crippen MR) is 123 cm³/mol. The molecule has 1 aromatic carbocycles. The van der Waals surface area contributed by atoms with Gasteiger partial charge in [-0.3, -0.25) is 19.6 Å². The van der Waals surface area contributed by atoms with Crippen molar-refractivity contribution in [1.82, 2.24) is 24.8 Å². The van der Waals surface area contributed by atoms with Gasteiger partial charge in [-0.25, -0.2) is 4.98 Å². The van der Waals surface area contributed by atoms with Crippen LogP contribution in [0.25, 0.3) is 11.4 Å². The van der Waals surface area contributed by atoms with E-state index in [1.165, 1.54) is 24.0 Å². The number of ether oxygens (including phenoxy) is 1. The van der Waals surface area contributed by atoms with E-state index in [9.17, 15) is 4.79 Å². The van der Waals surface area contributed by atoms with Gasteiger partial charge in [-0.05, 0) is 62.2 Å². The maximum absolute atomic E-state index is 12.7. The van der Waals surface area contributed by atoms with Crippen LogP contribution in [0.15, 0.2) is 47.5 Å². The van der Waals surface area contributed by atoms with Crippen LogP contribution in [0.3, 0.4) is 0 Å². The molecule has 0 bridgehead atoms. The maximum atomic E-state index is 12.7. The van der Waals surface area contributed by atoms with E-state index in [0.717, 1.165) is 55.3 Å². The van der Waals surface area contributed by atoms with E-state index in [2.05, 4.69) is 38.0 Å². The summed E-state index contributed by atoms with van der Waals surface area (Å²) in [4.78, 5) is 29.3. The van der Waals surface area contributed by atoms with Gasteiger partial charge in [0.15, 0.2) is 0 Å². The fraction of sp³-hybridized carbons (Fsp3) is 0.400. The average molecular weight is 432 g/mol. The van der Waals surface area contributed by atoms with Gasteiger partial charge < -0.3 is 9.72 Å². The Hall–Kier alpha value is -3.03. The number of aromatic nitrogens is 3. The van der Waals surface area contributed by atoms with Crippen LogP contribution in [0, 0.1) is 0 Å². The third-order valence-corrected chi connectivity index (χ3v) is 6.45. The lowest BCUT2D eigenvalue weighted by molar-refractivity contribution is 0.240. The highest BCUT2D eigenvalue weighted by Crippen LogP contribution is 2.25. The van der Waals surface area contributed by atoms with Crippen molar-refractivity contribution in [3.63, 3.8) is 0 Å². The van der Waals surface area contributed by atoms with Crippen LogP contribution < -0.4 is 10.3 Å². The summed E-state index contributed by atoms with van der Waals surface area (Å²) in [6.07, 6.45) is 6.70. The van der Waals surface area contributed by atoms with Gasteiger partial charge in [0.25, 0.3) is 5.56 Å². The van der Waals surface area contributed by atoms with E-state index in [4.69, 9.17) is 9.72 Å². The van der Waals surface area contributed by atoms with E-state index >= 15 is 0 Å². The summed E-state index contributed by atoms with van der Waals surface area (Å²) in [5, 5.41) is 0. The zero-order valence-electron chi connectivity index (χ0n) is 18.5. The van der Waals surface area contributed by atoms with Crippen LogP contribution in [0.1, 0.15) is 35.2 Å². The number of fused-ring (bicyclic) bond motifs is 1. The number of pyridine rings is 1. The molecule has 0 unspecified atom stereocenters. The highest BCUT2D eigenvalue weighted by atomic mass is 16.5. The normalized spacial score (nSPS) is 16.8. The fourth-order valence-electron chi connectivity index (χ4n) is 4.77. The number of nitrogens with zero attached hydrogens (tertiary/aromatic N) is 4. The van der Waals surface area contributed by atoms with Crippen LogP contribution in [-0.2, 0) is 26.1 Å². The number of aromatic amines is 1. The Bertz CT molecular complexity index is 1140. The topological polar surface area (TPSA) is 74.3 Å². The van der Waals surface area contributed by atoms with Crippen LogP contribution in [0.4, 0.5) is 0 Å². The first kappa shape index (κ1) is 20.8. The van der Waals surface area contributed by atoms with Crippen LogP contribution in [-0.4, -0.2) is 51.5 Å². The van der Waals surface area contributed by atoms with Crippen molar-refractivity contribution in [2.75, 3.05) is 26.7 Å². The smallest absolute Gasteiger partial charge is 0.254 e. The van der Waals surface area contributed by atoms with E-state index in [-0.39, 0.29) is 5.56 Å². The Morgan fingerprint density at radius 2 is 1.84 bits per heavy atom. The van der Waals surface area contributed by atoms with E-state index in [1.807, 2.05) is 12.1 Å². The number of H-pyrrole nitrogens is 1. The van der Waals surface area contributed by atoms with Crippen LogP contribution in [0.5, 0.6) is 5.75 Å². The van der Waals surface area contributed by atoms with Crippen molar-refractivity contribution in [1.29, 1.82) is 0 Å². The van der Waals surface area contributed by atoms with E-state index < -0.39 is 0 Å². The first-order valence-corrected chi connectivity index (χ1v) is 11.3. The van der Waals surface area contributed by atoms with Crippen molar-refractivity contribution in [3.8, 4) is 17.1 Å². The lowest BCUT2D eigenvalue weighted by Crippen LogP contribution is -2.35. The van der Waals surface area contributed by atoms with E-state index in [1.54, 1.807) is 19.5 Å². The molecule has 166 valence electrons. The molecule has 0 amide bonds. The average Bonchev–Trinajstić information content (AvgIpc) is 3.33. The molecular formula is C25H29N5O2. The van der Waals surface area contributed by atoms with Gasteiger partial charge in [-0.15, -0.1) is 0 Å². The van der Waals surface area contributed by atoms with E-state index in [0.29, 0.717) is 18.8 Å². The number of methoxy groups -OCH3 is 1. The molecule has 2 aromatic heterocycles. The number of hydrogen-bond acceptors (Lipinski definition) is 6. The molecule has 0 spiro atoms. The molecule has 2 aliphatic rings. The van der Waals surface area contributed by atoms with Gasteiger partial charge >= 0.3 is 0 Å². The Kier molecular flexibility index (Phi) is 6.01. The highest BCUT2D eigenvalue weighted by Gasteiger charge is 2.22. The lowest BCUT2D eigenvalue weighted by atomic mass is 10.0. The molecule has 1 saturated heterocycles. The van der Waals surface area contributed by atoms with Crippen molar-refractivity contribution < 1.29 is 4.74 Å². The predicted octanol–water partition coefficient (Wildman–Crippen LogP) is 2.99. The number of hydrogen-bond donors (Lipinski definition) is 1. The summed E-state index contributed by atoms with van der Waals surface area (Å²) in [6, 6.07) is 10.2. The second-order valence-corrected chi connectivity index (χ2v) is 8.67. The molecule has 0 saturated carbocycles. The molecule has 3 aromatic rings. The molecule has 1 N–H and O–H groups in total. The van der Waals surface area contributed by atoms with Gasteiger partial charge in [-0.1, -0.05) is 6.07 Å². The van der Waals surface area contributed by atoms with Gasteiger partial charge in [0.05, 0.1) is 12.8 Å². The number of rotatable bonds is 6. The molecule has 4 heterocycles. The molecule has 0 aliphatic carbocycles. The SMILES string of the molecule is COc1ccc(CN2CCc3c(nc(-c4ccncc4)[nH]c3=O)C2)cc1CN1CCCC1. The number of likely N-dealkylation sites (tertiary alicyclic amines) is 1. The second-order valence-electron chi connectivity index (χ2n) is 8.67. The standard InChI is InChI=1S/C25H29N5O2/c1-32-23-5-4-18(14-20(23)16-29-11-2-3-12-29)15-30-13-8-21-22(17-30)27-24(28-25(21)31)19-6-9-26-10-7-19/h4-7,9-10,14H,2-3,8,11-13,15-17H2,1H3,(H,27,28,31). The Balaban J connectivity index is 1.35. The molecule has 2 aliphatic heterocycles. The van der Waals surface area contributed by atoms with Crippen LogP contribution in [0.2, 0.25) is 0 Å². The molecule has 32 heavy (non-hydrogen) atoms. The summed E-state index contributed by atoms with van der Waals surface area (Å²) in [6.45, 7) is 5.61. The molecule has 5 rings (SSSR count). The van der Waals surface area contributed by atoms with Crippen molar-refractivity contribution in [3.05, 3.63) is 75.5 Å². The second kappa shape index (κ2) is 9.22. The summed E-state index contributed by atoms with van der Waals surface area (Å²) in [5.74, 6) is 1.56. The first-order chi connectivity index (χ1) is 15.7. The third-order valence-electron chi connectivity index (χ3n) is 6.45. The minimum atomic E-state index is -0.0289. The summed E-state index contributed by atoms with van der Waals surface area (Å²) >= 11 is 0. The molecule has 0 atom stereocenters. The Labute approximate surface area is 188 Å². The van der Waals surface area contributed by atoms with Crippen molar-refractivity contribution >= 4 is 0 Å². The minimum absolute atomic E-state index is 0.0289.